The molecular formula is C19H17N5O4. The Morgan fingerprint density at radius 3 is 2.82 bits per heavy atom. The largest absolute Gasteiger partial charge is 0.472 e. The van der Waals surface area contributed by atoms with Crippen LogP contribution in [0, 0.1) is 0 Å². The van der Waals surface area contributed by atoms with E-state index in [0.29, 0.717) is 42.0 Å². The fraction of sp³-hybridized carbons (Fsp3) is 0.263. The highest BCUT2D eigenvalue weighted by Gasteiger charge is 2.29. The zero-order chi connectivity index (χ0) is 18.9. The van der Waals surface area contributed by atoms with Gasteiger partial charge in [-0.1, -0.05) is 0 Å². The first-order valence-electron chi connectivity index (χ1n) is 9.02. The minimum absolute atomic E-state index is 0.0999. The zero-order valence-corrected chi connectivity index (χ0v) is 14.9. The number of hydrogen-bond acceptors (Lipinski definition) is 7. The van der Waals surface area contributed by atoms with Gasteiger partial charge in [0, 0.05) is 25.1 Å². The molecule has 4 aromatic heterocycles. The van der Waals surface area contributed by atoms with E-state index in [2.05, 4.69) is 20.4 Å². The van der Waals surface area contributed by atoms with Gasteiger partial charge in [0.15, 0.2) is 11.5 Å². The number of rotatable bonds is 4. The topological polar surface area (TPSA) is 114 Å². The number of likely N-dealkylation sites (tertiary alicyclic amines) is 1. The van der Waals surface area contributed by atoms with E-state index in [1.165, 1.54) is 0 Å². The monoisotopic (exact) mass is 379 g/mol. The molecule has 142 valence electrons. The maximum Gasteiger partial charge on any atom is 0.274 e. The number of nitrogens with one attached hydrogen (secondary N) is 1. The average molecular weight is 379 g/mol. The lowest BCUT2D eigenvalue weighted by Gasteiger charge is -2.29. The average Bonchev–Trinajstić information content (AvgIpc) is 3.52. The van der Waals surface area contributed by atoms with Gasteiger partial charge in [0.1, 0.15) is 12.0 Å². The number of hydrogen-bond donors (Lipinski definition) is 1. The first kappa shape index (κ1) is 16.5. The number of carbonyl (C=O) groups excluding carboxylic acids is 1. The normalized spacial score (nSPS) is 15.2. The molecule has 0 unspecified atom stereocenters. The van der Waals surface area contributed by atoms with Crippen molar-refractivity contribution < 1.29 is 18.0 Å². The molecule has 1 amide bonds. The third-order valence-electron chi connectivity index (χ3n) is 4.92. The van der Waals surface area contributed by atoms with E-state index in [4.69, 9.17) is 13.3 Å². The van der Waals surface area contributed by atoms with Gasteiger partial charge in [-0.3, -0.25) is 9.89 Å². The SMILES string of the molecule is O=C(c1cc(-c2ccco2)[nH]n1)N1CCC(c2nnc(-c3ccoc3)o2)CC1. The number of nitrogens with zero attached hydrogens (tertiary/aromatic N) is 4. The van der Waals surface area contributed by atoms with Gasteiger partial charge in [-0.25, -0.2) is 0 Å². The first-order chi connectivity index (χ1) is 13.8. The third-order valence-corrected chi connectivity index (χ3v) is 4.92. The van der Waals surface area contributed by atoms with Crippen molar-refractivity contribution in [1.29, 1.82) is 0 Å². The van der Waals surface area contributed by atoms with E-state index in [1.807, 2.05) is 6.07 Å². The molecule has 1 aliphatic rings. The zero-order valence-electron chi connectivity index (χ0n) is 14.9. The number of carbonyl (C=O) groups is 1. The highest BCUT2D eigenvalue weighted by molar-refractivity contribution is 5.93. The smallest absolute Gasteiger partial charge is 0.274 e. The molecular weight excluding hydrogens is 362 g/mol. The van der Waals surface area contributed by atoms with E-state index in [0.717, 1.165) is 18.4 Å². The maximum absolute atomic E-state index is 12.7. The number of aromatic nitrogens is 4. The summed E-state index contributed by atoms with van der Waals surface area (Å²) in [5.41, 5.74) is 1.82. The Balaban J connectivity index is 1.23. The van der Waals surface area contributed by atoms with Crippen LogP contribution in [0.25, 0.3) is 22.9 Å². The molecule has 0 bridgehead atoms. The molecule has 0 radical (unpaired) electrons. The number of amides is 1. The van der Waals surface area contributed by atoms with Crippen LogP contribution >= 0.6 is 0 Å². The van der Waals surface area contributed by atoms with Gasteiger partial charge in [-0.2, -0.15) is 5.10 Å². The summed E-state index contributed by atoms with van der Waals surface area (Å²) in [5.74, 6) is 1.73. The molecule has 4 aromatic rings. The van der Waals surface area contributed by atoms with Gasteiger partial charge in [-0.15, -0.1) is 10.2 Å². The predicted octanol–water partition coefficient (Wildman–Crippen LogP) is 3.33. The Morgan fingerprint density at radius 1 is 1.18 bits per heavy atom. The van der Waals surface area contributed by atoms with Crippen molar-refractivity contribution >= 4 is 5.91 Å². The van der Waals surface area contributed by atoms with Crippen molar-refractivity contribution in [3.8, 4) is 22.9 Å². The summed E-state index contributed by atoms with van der Waals surface area (Å²) in [7, 11) is 0. The van der Waals surface area contributed by atoms with E-state index in [1.54, 1.807) is 41.9 Å². The van der Waals surface area contributed by atoms with Gasteiger partial charge < -0.3 is 18.2 Å². The van der Waals surface area contributed by atoms with Crippen LogP contribution in [-0.2, 0) is 0 Å². The Bertz CT molecular complexity index is 1060. The third kappa shape index (κ3) is 3.00. The summed E-state index contributed by atoms with van der Waals surface area (Å²) < 4.78 is 16.1. The number of furan rings is 2. The van der Waals surface area contributed by atoms with Gasteiger partial charge in [0.2, 0.25) is 5.89 Å². The van der Waals surface area contributed by atoms with Crippen molar-refractivity contribution in [3.63, 3.8) is 0 Å². The molecule has 5 rings (SSSR count). The molecule has 0 aromatic carbocycles. The standard InChI is InChI=1S/C19H17N5O4/c25-19(15-10-14(20-21-15)16-2-1-8-27-16)24-6-3-12(4-7-24)17-22-23-18(28-17)13-5-9-26-11-13/h1-2,5,8-12H,3-4,6-7H2,(H,20,21). The molecule has 28 heavy (non-hydrogen) atoms. The quantitative estimate of drug-likeness (QED) is 0.578. The first-order valence-corrected chi connectivity index (χ1v) is 9.02. The number of piperidine rings is 1. The second-order valence-electron chi connectivity index (χ2n) is 6.67. The van der Waals surface area contributed by atoms with E-state index < -0.39 is 0 Å². The molecule has 0 aliphatic carbocycles. The second-order valence-corrected chi connectivity index (χ2v) is 6.67. The highest BCUT2D eigenvalue weighted by atomic mass is 16.4. The molecule has 0 atom stereocenters. The Kier molecular flexibility index (Phi) is 4.04. The lowest BCUT2D eigenvalue weighted by atomic mass is 9.96. The molecule has 1 fully saturated rings. The van der Waals surface area contributed by atoms with Gasteiger partial charge in [-0.05, 0) is 31.0 Å². The Labute approximate surface area is 159 Å². The van der Waals surface area contributed by atoms with Crippen LogP contribution in [0.1, 0.15) is 35.1 Å². The van der Waals surface area contributed by atoms with Crippen LogP contribution in [0.4, 0.5) is 0 Å². The Hall–Kier alpha value is -3.62. The predicted molar refractivity (Wildman–Crippen MR) is 96.2 cm³/mol. The van der Waals surface area contributed by atoms with Gasteiger partial charge in [0.25, 0.3) is 11.8 Å². The molecule has 9 heteroatoms. The fourth-order valence-electron chi connectivity index (χ4n) is 3.38. The van der Waals surface area contributed by atoms with Crippen molar-refractivity contribution in [3.05, 3.63) is 54.6 Å². The molecule has 0 saturated carbocycles. The van der Waals surface area contributed by atoms with E-state index in [9.17, 15) is 4.79 Å². The second kappa shape index (κ2) is 6.84. The fourth-order valence-corrected chi connectivity index (χ4v) is 3.38. The minimum Gasteiger partial charge on any atom is -0.472 e. The van der Waals surface area contributed by atoms with Crippen molar-refractivity contribution in [2.45, 2.75) is 18.8 Å². The lowest BCUT2D eigenvalue weighted by molar-refractivity contribution is 0.0700. The van der Waals surface area contributed by atoms with Crippen LogP contribution in [-0.4, -0.2) is 44.3 Å². The molecule has 5 heterocycles. The molecule has 1 aliphatic heterocycles. The van der Waals surface area contributed by atoms with E-state index in [-0.39, 0.29) is 11.8 Å². The maximum atomic E-state index is 12.7. The van der Waals surface area contributed by atoms with Crippen LogP contribution in [0.15, 0.2) is 56.3 Å². The van der Waals surface area contributed by atoms with E-state index >= 15 is 0 Å². The number of H-pyrrole nitrogens is 1. The summed E-state index contributed by atoms with van der Waals surface area (Å²) in [6.45, 7) is 1.21. The van der Waals surface area contributed by atoms with Crippen molar-refractivity contribution in [2.75, 3.05) is 13.1 Å². The summed E-state index contributed by atoms with van der Waals surface area (Å²) in [6.07, 6.45) is 6.23. The summed E-state index contributed by atoms with van der Waals surface area (Å²) in [6, 6.07) is 7.09. The Morgan fingerprint density at radius 2 is 2.07 bits per heavy atom. The summed E-state index contributed by atoms with van der Waals surface area (Å²) in [5, 5.41) is 15.2. The highest BCUT2D eigenvalue weighted by Crippen LogP contribution is 2.30. The lowest BCUT2D eigenvalue weighted by Crippen LogP contribution is -2.38. The van der Waals surface area contributed by atoms with Gasteiger partial charge >= 0.3 is 0 Å². The summed E-state index contributed by atoms with van der Waals surface area (Å²) in [4.78, 5) is 14.5. The molecule has 1 N–H and O–H groups in total. The molecule has 0 spiro atoms. The van der Waals surface area contributed by atoms with Crippen molar-refractivity contribution in [2.24, 2.45) is 0 Å². The van der Waals surface area contributed by atoms with Gasteiger partial charge in [0.05, 0.1) is 18.1 Å². The summed E-state index contributed by atoms with van der Waals surface area (Å²) >= 11 is 0. The number of aromatic amines is 1. The minimum atomic E-state index is -0.0999. The van der Waals surface area contributed by atoms with Crippen LogP contribution in [0.2, 0.25) is 0 Å². The van der Waals surface area contributed by atoms with Crippen molar-refractivity contribution in [1.82, 2.24) is 25.3 Å². The van der Waals surface area contributed by atoms with Crippen LogP contribution in [0.5, 0.6) is 0 Å². The van der Waals surface area contributed by atoms with Crippen LogP contribution < -0.4 is 0 Å². The van der Waals surface area contributed by atoms with Crippen LogP contribution in [0.3, 0.4) is 0 Å². The molecule has 9 nitrogen and oxygen atoms in total. The molecule has 1 saturated heterocycles.